The van der Waals surface area contributed by atoms with E-state index in [9.17, 15) is 9.59 Å². The lowest BCUT2D eigenvalue weighted by molar-refractivity contribution is -0.136. The van der Waals surface area contributed by atoms with E-state index >= 15 is 0 Å². The molecule has 0 unspecified atom stereocenters. The summed E-state index contributed by atoms with van der Waals surface area (Å²) >= 11 is 0. The number of carboxylic acid groups (broad SMARTS) is 1. The van der Waals surface area contributed by atoms with Crippen LogP contribution in [0.3, 0.4) is 0 Å². The Bertz CT molecular complexity index is 1290. The van der Waals surface area contributed by atoms with Gasteiger partial charge < -0.3 is 14.3 Å². The molecule has 1 aromatic heterocycles. The first-order chi connectivity index (χ1) is 14.0. The van der Waals surface area contributed by atoms with Crippen LogP contribution in [0.15, 0.2) is 63.8 Å². The van der Waals surface area contributed by atoms with Crippen molar-refractivity contribution in [2.24, 2.45) is 0 Å². The summed E-state index contributed by atoms with van der Waals surface area (Å²) in [5.74, 6) is -0.439. The molecule has 0 saturated heterocycles. The van der Waals surface area contributed by atoms with Crippen LogP contribution in [-0.4, -0.2) is 11.1 Å². The molecule has 5 nitrogen and oxygen atoms in total. The van der Waals surface area contributed by atoms with Crippen LogP contribution in [0.5, 0.6) is 5.75 Å². The number of fused-ring (bicyclic) bond motifs is 2. The molecule has 0 aliphatic rings. The van der Waals surface area contributed by atoms with E-state index in [1.165, 1.54) is 0 Å². The van der Waals surface area contributed by atoms with E-state index < -0.39 is 11.6 Å². The molecule has 1 heterocycles. The molecule has 4 rings (SSSR count). The summed E-state index contributed by atoms with van der Waals surface area (Å²) in [4.78, 5) is 23.4. The van der Waals surface area contributed by atoms with E-state index in [2.05, 4.69) is 18.2 Å². The molecule has 1 N–H and O–H groups in total. The number of hydrogen-bond donors (Lipinski definition) is 1. The lowest BCUT2D eigenvalue weighted by atomic mass is 10.0. The molecule has 0 amide bonds. The van der Waals surface area contributed by atoms with Crippen LogP contribution < -0.4 is 10.4 Å². The first-order valence-electron chi connectivity index (χ1n) is 9.33. The van der Waals surface area contributed by atoms with Gasteiger partial charge in [-0.25, -0.2) is 4.79 Å². The van der Waals surface area contributed by atoms with Gasteiger partial charge in [-0.05, 0) is 47.9 Å². The SMILES string of the molecule is Cc1c(CC(=O)O)c(=O)oc2c(C)c(OCc3cccc4ccccc34)ccc12. The van der Waals surface area contributed by atoms with E-state index in [1.54, 1.807) is 6.92 Å². The van der Waals surface area contributed by atoms with Gasteiger partial charge >= 0.3 is 11.6 Å². The minimum Gasteiger partial charge on any atom is -0.488 e. The average Bonchev–Trinajstić information content (AvgIpc) is 2.71. The number of hydrogen-bond acceptors (Lipinski definition) is 4. The Hall–Kier alpha value is -3.60. The van der Waals surface area contributed by atoms with E-state index in [4.69, 9.17) is 14.3 Å². The van der Waals surface area contributed by atoms with Crippen LogP contribution in [0.1, 0.15) is 22.3 Å². The highest BCUT2D eigenvalue weighted by atomic mass is 16.5. The third kappa shape index (κ3) is 3.47. The van der Waals surface area contributed by atoms with Crippen molar-refractivity contribution in [1.82, 2.24) is 0 Å². The summed E-state index contributed by atoms with van der Waals surface area (Å²) < 4.78 is 11.5. The maximum absolute atomic E-state index is 12.3. The fourth-order valence-electron chi connectivity index (χ4n) is 3.66. The van der Waals surface area contributed by atoms with Gasteiger partial charge in [-0.15, -0.1) is 0 Å². The third-order valence-corrected chi connectivity index (χ3v) is 5.25. The molecule has 29 heavy (non-hydrogen) atoms. The monoisotopic (exact) mass is 388 g/mol. The van der Waals surface area contributed by atoms with Gasteiger partial charge in [0.15, 0.2) is 0 Å². The molecule has 0 saturated carbocycles. The first kappa shape index (κ1) is 18.7. The summed E-state index contributed by atoms with van der Waals surface area (Å²) in [7, 11) is 0. The van der Waals surface area contributed by atoms with Crippen molar-refractivity contribution >= 4 is 27.7 Å². The maximum atomic E-state index is 12.3. The van der Waals surface area contributed by atoms with Crippen molar-refractivity contribution in [3.8, 4) is 5.75 Å². The summed E-state index contributed by atoms with van der Waals surface area (Å²) in [5, 5.41) is 12.0. The minimum atomic E-state index is -1.06. The quantitative estimate of drug-likeness (QED) is 0.499. The molecule has 0 spiro atoms. The van der Waals surface area contributed by atoms with Gasteiger partial charge in [-0.3, -0.25) is 4.79 Å². The predicted octanol–water partition coefficient (Wildman–Crippen LogP) is 4.77. The van der Waals surface area contributed by atoms with Gasteiger partial charge in [0.05, 0.1) is 12.0 Å². The second-order valence-corrected chi connectivity index (χ2v) is 7.06. The molecule has 0 aliphatic heterocycles. The molecular weight excluding hydrogens is 368 g/mol. The molecule has 0 bridgehead atoms. The Morgan fingerprint density at radius 1 is 0.966 bits per heavy atom. The molecule has 0 aliphatic carbocycles. The fourth-order valence-corrected chi connectivity index (χ4v) is 3.66. The second-order valence-electron chi connectivity index (χ2n) is 7.06. The Balaban J connectivity index is 1.71. The predicted molar refractivity (Wildman–Crippen MR) is 112 cm³/mol. The van der Waals surface area contributed by atoms with E-state index in [1.807, 2.05) is 43.3 Å². The second kappa shape index (κ2) is 7.43. The van der Waals surface area contributed by atoms with Gasteiger partial charge in [0.2, 0.25) is 0 Å². The minimum absolute atomic E-state index is 0.175. The van der Waals surface area contributed by atoms with Crippen molar-refractivity contribution in [1.29, 1.82) is 0 Å². The number of carbonyl (C=O) groups is 1. The molecule has 0 fully saturated rings. The lowest BCUT2D eigenvalue weighted by Gasteiger charge is -2.14. The zero-order valence-electron chi connectivity index (χ0n) is 16.2. The zero-order chi connectivity index (χ0) is 20.5. The molecule has 0 radical (unpaired) electrons. The normalized spacial score (nSPS) is 11.1. The van der Waals surface area contributed by atoms with Crippen molar-refractivity contribution < 1.29 is 19.1 Å². The van der Waals surface area contributed by atoms with Gasteiger partial charge in [-0.2, -0.15) is 0 Å². The van der Waals surface area contributed by atoms with E-state index in [0.29, 0.717) is 29.1 Å². The Morgan fingerprint density at radius 3 is 2.52 bits per heavy atom. The third-order valence-electron chi connectivity index (χ3n) is 5.25. The van der Waals surface area contributed by atoms with Crippen LogP contribution in [0.4, 0.5) is 0 Å². The summed E-state index contributed by atoms with van der Waals surface area (Å²) in [6.45, 7) is 3.96. The largest absolute Gasteiger partial charge is 0.488 e. The van der Waals surface area contributed by atoms with Crippen molar-refractivity contribution in [2.45, 2.75) is 26.9 Å². The van der Waals surface area contributed by atoms with E-state index in [-0.39, 0.29) is 12.0 Å². The van der Waals surface area contributed by atoms with Crippen LogP contribution in [0.25, 0.3) is 21.7 Å². The van der Waals surface area contributed by atoms with Gasteiger partial charge in [0.25, 0.3) is 0 Å². The average molecular weight is 388 g/mol. The molecule has 5 heteroatoms. The summed E-state index contributed by atoms with van der Waals surface area (Å²) in [5.41, 5.74) is 2.39. The molecular formula is C24H20O5. The molecule has 4 aromatic rings. The fraction of sp³-hybridized carbons (Fsp3) is 0.167. The van der Waals surface area contributed by atoms with Gasteiger partial charge in [0.1, 0.15) is 17.9 Å². The summed E-state index contributed by atoms with van der Waals surface area (Å²) in [6.07, 6.45) is -0.359. The topological polar surface area (TPSA) is 76.7 Å². The van der Waals surface area contributed by atoms with Crippen LogP contribution in [0, 0.1) is 13.8 Å². The van der Waals surface area contributed by atoms with Gasteiger partial charge in [0, 0.05) is 10.9 Å². The first-order valence-corrected chi connectivity index (χ1v) is 9.33. The Labute approximate surface area is 167 Å². The Morgan fingerprint density at radius 2 is 1.72 bits per heavy atom. The maximum Gasteiger partial charge on any atom is 0.340 e. The molecule has 3 aromatic carbocycles. The van der Waals surface area contributed by atoms with Crippen LogP contribution in [0.2, 0.25) is 0 Å². The molecule has 0 atom stereocenters. The number of rotatable bonds is 5. The number of benzene rings is 3. The van der Waals surface area contributed by atoms with Crippen LogP contribution in [-0.2, 0) is 17.8 Å². The number of aryl methyl sites for hydroxylation is 2. The van der Waals surface area contributed by atoms with Crippen molar-refractivity contribution in [2.75, 3.05) is 0 Å². The van der Waals surface area contributed by atoms with Gasteiger partial charge in [-0.1, -0.05) is 42.5 Å². The zero-order valence-corrected chi connectivity index (χ0v) is 16.2. The number of ether oxygens (including phenoxy) is 1. The smallest absolute Gasteiger partial charge is 0.340 e. The van der Waals surface area contributed by atoms with Crippen molar-refractivity contribution in [3.63, 3.8) is 0 Å². The molecule has 146 valence electrons. The lowest BCUT2D eigenvalue weighted by Crippen LogP contribution is -2.15. The highest BCUT2D eigenvalue weighted by molar-refractivity contribution is 5.87. The highest BCUT2D eigenvalue weighted by Crippen LogP contribution is 2.30. The Kier molecular flexibility index (Phi) is 4.80. The number of aliphatic carboxylic acids is 1. The highest BCUT2D eigenvalue weighted by Gasteiger charge is 2.17. The van der Waals surface area contributed by atoms with E-state index in [0.717, 1.165) is 21.7 Å². The summed E-state index contributed by atoms with van der Waals surface area (Å²) in [6, 6.07) is 17.9. The standard InChI is InChI=1S/C24H20O5/c1-14-18-10-11-21(15(2)23(18)29-24(27)20(14)12-22(25)26)28-13-17-8-5-7-16-6-3-4-9-19(16)17/h3-11H,12-13H2,1-2H3,(H,25,26). The van der Waals surface area contributed by atoms with Crippen LogP contribution >= 0.6 is 0 Å². The van der Waals surface area contributed by atoms with Crippen molar-refractivity contribution in [3.05, 3.63) is 87.3 Å². The number of carboxylic acids is 1.